The first-order valence-corrected chi connectivity index (χ1v) is 6.47. The second kappa shape index (κ2) is 5.49. The third-order valence-corrected chi connectivity index (χ3v) is 3.37. The zero-order chi connectivity index (χ0) is 14.7. The highest BCUT2D eigenvalue weighted by Gasteiger charge is 2.02. The Bertz CT molecular complexity index is 922. The molecule has 3 rings (SSSR count). The topological polar surface area (TPSA) is 65.8 Å². The van der Waals surface area contributed by atoms with Crippen molar-refractivity contribution in [3.63, 3.8) is 0 Å². The Balaban J connectivity index is 2.19. The van der Waals surface area contributed by atoms with Crippen LogP contribution in [0.4, 0.5) is 0 Å². The Kier molecular flexibility index (Phi) is 3.37. The van der Waals surface area contributed by atoms with Crippen LogP contribution in [-0.2, 0) is 4.79 Å². The molecule has 0 bridgehead atoms. The molecular weight excluding hydrogens is 262 g/mol. The molecule has 0 atom stereocenters. The monoisotopic (exact) mass is 273 g/mol. The number of carbonyl (C=O) groups excluding carboxylic acids is 1. The molecule has 21 heavy (non-hydrogen) atoms. The Morgan fingerprint density at radius 2 is 1.76 bits per heavy atom. The van der Waals surface area contributed by atoms with Gasteiger partial charge in [0.2, 0.25) is 5.91 Å². The van der Waals surface area contributed by atoms with E-state index in [9.17, 15) is 4.79 Å². The second-order valence-corrected chi connectivity index (χ2v) is 4.59. The average Bonchev–Trinajstić information content (AvgIpc) is 2.53. The van der Waals surface area contributed by atoms with Gasteiger partial charge in [-0.1, -0.05) is 60.7 Å². The molecule has 4 nitrogen and oxygen atoms in total. The van der Waals surface area contributed by atoms with Crippen molar-refractivity contribution < 1.29 is 4.79 Å². The van der Waals surface area contributed by atoms with E-state index in [1.54, 1.807) is 6.08 Å². The summed E-state index contributed by atoms with van der Waals surface area (Å²) in [4.78, 5) is 13.7. The smallest absolute Gasteiger partial charge is 0.242 e. The lowest BCUT2D eigenvalue weighted by Gasteiger charge is -2.06. The number of carbonyl (C=O) groups is 1. The summed E-state index contributed by atoms with van der Waals surface area (Å²) in [5.41, 5.74) is 9.14. The van der Waals surface area contributed by atoms with Crippen LogP contribution < -0.4 is 0 Å². The molecule has 0 fully saturated rings. The molecule has 0 saturated carbocycles. The molecule has 4 heteroatoms. The fourth-order valence-electron chi connectivity index (χ4n) is 2.45. The maximum Gasteiger partial charge on any atom is 0.242 e. The van der Waals surface area contributed by atoms with Gasteiger partial charge in [0.15, 0.2) is 0 Å². The van der Waals surface area contributed by atoms with Gasteiger partial charge in [0, 0.05) is 4.91 Å². The predicted octanol–water partition coefficient (Wildman–Crippen LogP) is 4.84. The highest BCUT2D eigenvalue weighted by Crippen LogP contribution is 2.28. The summed E-state index contributed by atoms with van der Waals surface area (Å²) in [6.45, 7) is 0. The van der Waals surface area contributed by atoms with E-state index in [1.165, 1.54) is 16.8 Å². The molecule has 100 valence electrons. The number of rotatable bonds is 2. The SMILES string of the molecule is [N-]=[N+]=NC(=O)/C=C/c1cccc2c1ccc1ccccc12. The van der Waals surface area contributed by atoms with Gasteiger partial charge in [-0.3, -0.25) is 4.79 Å². The van der Waals surface area contributed by atoms with Gasteiger partial charge in [-0.2, -0.15) is 0 Å². The minimum atomic E-state index is -0.602. The van der Waals surface area contributed by atoms with Crippen molar-refractivity contribution in [2.24, 2.45) is 5.11 Å². The number of hydrogen-bond donors (Lipinski definition) is 0. The Morgan fingerprint density at radius 3 is 2.62 bits per heavy atom. The number of nitrogens with zero attached hydrogens (tertiary/aromatic N) is 3. The molecule has 3 aromatic rings. The summed E-state index contributed by atoms with van der Waals surface area (Å²) in [6.07, 6.45) is 2.96. The zero-order valence-corrected chi connectivity index (χ0v) is 11.1. The lowest BCUT2D eigenvalue weighted by atomic mass is 9.98. The summed E-state index contributed by atoms with van der Waals surface area (Å²) in [6, 6.07) is 18.2. The molecule has 0 aliphatic rings. The maximum absolute atomic E-state index is 11.3. The molecule has 0 saturated heterocycles. The van der Waals surface area contributed by atoms with Crippen molar-refractivity contribution in [1.82, 2.24) is 0 Å². The van der Waals surface area contributed by atoms with E-state index in [4.69, 9.17) is 5.53 Å². The number of azide groups is 1. The van der Waals surface area contributed by atoms with Gasteiger partial charge >= 0.3 is 0 Å². The minimum Gasteiger partial charge on any atom is -0.288 e. The second-order valence-electron chi connectivity index (χ2n) is 4.59. The van der Waals surface area contributed by atoms with Crippen LogP contribution in [0.25, 0.3) is 38.1 Å². The number of fused-ring (bicyclic) bond motifs is 3. The molecule has 3 aromatic carbocycles. The Labute approximate surface area is 120 Å². The van der Waals surface area contributed by atoms with Crippen molar-refractivity contribution in [2.75, 3.05) is 0 Å². The highest BCUT2D eigenvalue weighted by atomic mass is 16.1. The third-order valence-electron chi connectivity index (χ3n) is 3.37. The zero-order valence-electron chi connectivity index (χ0n) is 11.1. The Hall–Kier alpha value is -3.10. The summed E-state index contributed by atoms with van der Waals surface area (Å²) in [5, 5.41) is 7.56. The summed E-state index contributed by atoms with van der Waals surface area (Å²) in [7, 11) is 0. The van der Waals surface area contributed by atoms with Gasteiger partial charge in [-0.25, -0.2) is 0 Å². The molecule has 0 unspecified atom stereocenters. The van der Waals surface area contributed by atoms with Gasteiger partial charge in [0.1, 0.15) is 0 Å². The van der Waals surface area contributed by atoms with Crippen molar-refractivity contribution in [3.8, 4) is 0 Å². The van der Waals surface area contributed by atoms with Gasteiger partial charge in [-0.15, -0.1) is 0 Å². The van der Waals surface area contributed by atoms with Gasteiger partial charge in [0.05, 0.1) is 0 Å². The van der Waals surface area contributed by atoms with Crippen molar-refractivity contribution in [2.45, 2.75) is 0 Å². The summed E-state index contributed by atoms with van der Waals surface area (Å²) in [5.74, 6) is -0.602. The van der Waals surface area contributed by atoms with E-state index in [1.807, 2.05) is 30.3 Å². The Morgan fingerprint density at radius 1 is 0.952 bits per heavy atom. The lowest BCUT2D eigenvalue weighted by Crippen LogP contribution is -1.84. The van der Waals surface area contributed by atoms with Gasteiger partial charge < -0.3 is 0 Å². The van der Waals surface area contributed by atoms with Crippen molar-refractivity contribution in [1.29, 1.82) is 0 Å². The van der Waals surface area contributed by atoms with Crippen LogP contribution in [0.1, 0.15) is 5.56 Å². The molecule has 0 spiro atoms. The van der Waals surface area contributed by atoms with Crippen LogP contribution in [0.2, 0.25) is 0 Å². The first-order chi connectivity index (χ1) is 10.3. The van der Waals surface area contributed by atoms with E-state index >= 15 is 0 Å². The largest absolute Gasteiger partial charge is 0.288 e. The third kappa shape index (κ3) is 2.48. The van der Waals surface area contributed by atoms with Crippen molar-refractivity contribution in [3.05, 3.63) is 76.7 Å². The van der Waals surface area contributed by atoms with E-state index in [2.05, 4.69) is 34.3 Å². The van der Waals surface area contributed by atoms with Crippen LogP contribution in [0.15, 0.2) is 65.8 Å². The first kappa shape index (κ1) is 12.9. The summed E-state index contributed by atoms with van der Waals surface area (Å²) < 4.78 is 0. The predicted molar refractivity (Wildman–Crippen MR) is 84.6 cm³/mol. The van der Waals surface area contributed by atoms with E-state index < -0.39 is 5.91 Å². The summed E-state index contributed by atoms with van der Waals surface area (Å²) >= 11 is 0. The van der Waals surface area contributed by atoms with Crippen molar-refractivity contribution >= 4 is 33.5 Å². The molecule has 0 radical (unpaired) electrons. The fourth-order valence-corrected chi connectivity index (χ4v) is 2.45. The van der Waals surface area contributed by atoms with E-state index in [0.717, 1.165) is 16.3 Å². The van der Waals surface area contributed by atoms with Crippen LogP contribution in [-0.4, -0.2) is 5.91 Å². The molecule has 0 aliphatic heterocycles. The number of amides is 1. The first-order valence-electron chi connectivity index (χ1n) is 6.47. The maximum atomic E-state index is 11.3. The van der Waals surface area contributed by atoms with Gasteiger partial charge in [-0.05, 0) is 43.8 Å². The fraction of sp³-hybridized carbons (Fsp3) is 0. The molecule has 0 aliphatic carbocycles. The normalized spacial score (nSPS) is 10.9. The van der Waals surface area contributed by atoms with Crippen LogP contribution in [0.5, 0.6) is 0 Å². The number of hydrogen-bond acceptors (Lipinski definition) is 1. The average molecular weight is 273 g/mol. The van der Waals surface area contributed by atoms with Crippen LogP contribution >= 0.6 is 0 Å². The van der Waals surface area contributed by atoms with Gasteiger partial charge in [0.25, 0.3) is 0 Å². The molecule has 1 amide bonds. The van der Waals surface area contributed by atoms with Crippen LogP contribution in [0, 0.1) is 0 Å². The van der Waals surface area contributed by atoms with E-state index in [-0.39, 0.29) is 0 Å². The van der Waals surface area contributed by atoms with Crippen LogP contribution in [0.3, 0.4) is 0 Å². The quantitative estimate of drug-likeness (QED) is 0.216. The highest BCUT2D eigenvalue weighted by molar-refractivity contribution is 6.10. The lowest BCUT2D eigenvalue weighted by molar-refractivity contribution is -0.113. The molecular formula is C17H11N3O. The number of benzene rings is 3. The molecule has 0 aromatic heterocycles. The molecule has 0 heterocycles. The minimum absolute atomic E-state index is 0.602. The standard InChI is InChI=1S/C17H11N3O/c18-20-19-17(21)11-9-13-5-3-7-16-14-6-2-1-4-12(14)8-10-15(13)16/h1-11H/b11-9+. The molecule has 0 N–H and O–H groups in total. The van der Waals surface area contributed by atoms with E-state index in [0.29, 0.717) is 0 Å².